The first-order valence-corrected chi connectivity index (χ1v) is 4.96. The van der Waals surface area contributed by atoms with E-state index in [2.05, 4.69) is 10.1 Å². The van der Waals surface area contributed by atoms with E-state index in [0.717, 1.165) is 12.8 Å². The molecule has 1 aliphatic rings. The lowest BCUT2D eigenvalue weighted by molar-refractivity contribution is -0.147. The molecule has 0 heterocycles. The SMILES string of the molecule is COC(=O)C1(CNC(=O)C(C)Cl)CC1. The summed E-state index contributed by atoms with van der Waals surface area (Å²) in [7, 11) is 1.36. The zero-order valence-corrected chi connectivity index (χ0v) is 9.06. The molecule has 0 spiro atoms. The van der Waals surface area contributed by atoms with E-state index in [1.165, 1.54) is 7.11 Å². The summed E-state index contributed by atoms with van der Waals surface area (Å²) in [4.78, 5) is 22.4. The lowest BCUT2D eigenvalue weighted by atomic mass is 10.1. The Balaban J connectivity index is 2.38. The van der Waals surface area contributed by atoms with Gasteiger partial charge < -0.3 is 10.1 Å². The van der Waals surface area contributed by atoms with Gasteiger partial charge in [0, 0.05) is 6.54 Å². The van der Waals surface area contributed by atoms with Crippen LogP contribution in [-0.2, 0) is 14.3 Å². The average Bonchev–Trinajstić information content (AvgIpc) is 2.93. The minimum Gasteiger partial charge on any atom is -0.469 e. The molecule has 1 unspecified atom stereocenters. The number of carbonyl (C=O) groups excluding carboxylic acids is 2. The topological polar surface area (TPSA) is 55.4 Å². The third-order valence-electron chi connectivity index (χ3n) is 2.43. The standard InChI is InChI=1S/C9H14ClNO3/c1-6(10)7(12)11-5-9(3-4-9)8(13)14-2/h6H,3-5H2,1-2H3,(H,11,12). The van der Waals surface area contributed by atoms with E-state index in [-0.39, 0.29) is 11.9 Å². The third kappa shape index (κ3) is 2.38. The fourth-order valence-corrected chi connectivity index (χ4v) is 1.29. The Kier molecular flexibility index (Phi) is 3.37. The summed E-state index contributed by atoms with van der Waals surface area (Å²) in [5.41, 5.74) is -0.476. The van der Waals surface area contributed by atoms with Gasteiger partial charge in [-0.3, -0.25) is 9.59 Å². The van der Waals surface area contributed by atoms with E-state index in [1.807, 2.05) is 0 Å². The van der Waals surface area contributed by atoms with E-state index >= 15 is 0 Å². The monoisotopic (exact) mass is 219 g/mol. The molecule has 14 heavy (non-hydrogen) atoms. The van der Waals surface area contributed by atoms with Crippen LogP contribution in [0.5, 0.6) is 0 Å². The maximum atomic E-state index is 11.3. The third-order valence-corrected chi connectivity index (χ3v) is 2.63. The van der Waals surface area contributed by atoms with Crippen molar-refractivity contribution < 1.29 is 14.3 Å². The predicted octanol–water partition coefficient (Wildman–Crippen LogP) is 0.683. The van der Waals surface area contributed by atoms with Crippen LogP contribution < -0.4 is 5.32 Å². The molecule has 1 rings (SSSR count). The number of carbonyl (C=O) groups is 2. The number of esters is 1. The number of alkyl halides is 1. The number of nitrogens with one attached hydrogen (secondary N) is 1. The normalized spacial score (nSPS) is 19.6. The van der Waals surface area contributed by atoms with Gasteiger partial charge in [-0.25, -0.2) is 0 Å². The van der Waals surface area contributed by atoms with Crippen molar-refractivity contribution in [2.75, 3.05) is 13.7 Å². The van der Waals surface area contributed by atoms with Crippen molar-refractivity contribution in [3.05, 3.63) is 0 Å². The van der Waals surface area contributed by atoms with Crippen LogP contribution in [0, 0.1) is 5.41 Å². The van der Waals surface area contributed by atoms with Crippen molar-refractivity contribution in [3.8, 4) is 0 Å². The molecule has 4 nitrogen and oxygen atoms in total. The van der Waals surface area contributed by atoms with E-state index in [4.69, 9.17) is 11.6 Å². The number of methoxy groups -OCH3 is 1. The first-order valence-electron chi connectivity index (χ1n) is 4.52. The molecule has 1 atom stereocenters. The van der Waals surface area contributed by atoms with Crippen molar-refractivity contribution in [3.63, 3.8) is 0 Å². The van der Waals surface area contributed by atoms with Gasteiger partial charge in [0.1, 0.15) is 5.38 Å². The quantitative estimate of drug-likeness (QED) is 0.559. The lowest BCUT2D eigenvalue weighted by Gasteiger charge is -2.13. The smallest absolute Gasteiger partial charge is 0.313 e. The average molecular weight is 220 g/mol. The second kappa shape index (κ2) is 4.17. The Bertz CT molecular complexity index is 248. The van der Waals surface area contributed by atoms with Gasteiger partial charge in [0.05, 0.1) is 12.5 Å². The van der Waals surface area contributed by atoms with Crippen LogP contribution in [0.4, 0.5) is 0 Å². The summed E-state index contributed by atoms with van der Waals surface area (Å²) in [6, 6.07) is 0. The molecule has 0 aromatic rings. The zero-order chi connectivity index (χ0) is 10.8. The predicted molar refractivity (Wildman–Crippen MR) is 52.0 cm³/mol. The fourth-order valence-electron chi connectivity index (χ4n) is 1.22. The first kappa shape index (κ1) is 11.3. The Morgan fingerprint density at radius 3 is 2.50 bits per heavy atom. The summed E-state index contributed by atoms with van der Waals surface area (Å²) in [5, 5.41) is 2.06. The number of hydrogen-bond donors (Lipinski definition) is 1. The molecular weight excluding hydrogens is 206 g/mol. The Morgan fingerprint density at radius 2 is 2.14 bits per heavy atom. The minimum atomic E-state index is -0.566. The Hall–Kier alpha value is -0.770. The molecule has 1 aliphatic carbocycles. The second-order valence-electron chi connectivity index (χ2n) is 3.61. The van der Waals surface area contributed by atoms with Crippen molar-refractivity contribution in [1.29, 1.82) is 0 Å². The molecule has 80 valence electrons. The number of amides is 1. The van der Waals surface area contributed by atoms with Crippen LogP contribution in [0.15, 0.2) is 0 Å². The summed E-state index contributed by atoms with van der Waals surface area (Å²) >= 11 is 5.56. The molecule has 1 fully saturated rings. The van der Waals surface area contributed by atoms with Gasteiger partial charge >= 0.3 is 5.97 Å². The van der Waals surface area contributed by atoms with Gasteiger partial charge in [0.25, 0.3) is 0 Å². The highest BCUT2D eigenvalue weighted by Crippen LogP contribution is 2.45. The van der Waals surface area contributed by atoms with Gasteiger partial charge in [0.2, 0.25) is 5.91 Å². The molecule has 1 saturated carbocycles. The molecule has 1 N–H and O–H groups in total. The van der Waals surface area contributed by atoms with E-state index in [0.29, 0.717) is 6.54 Å². The van der Waals surface area contributed by atoms with Gasteiger partial charge in [-0.05, 0) is 19.8 Å². The highest BCUT2D eigenvalue weighted by molar-refractivity contribution is 6.30. The zero-order valence-electron chi connectivity index (χ0n) is 8.30. The molecule has 0 radical (unpaired) electrons. The molecule has 5 heteroatoms. The number of halogens is 1. The van der Waals surface area contributed by atoms with Crippen molar-refractivity contribution in [2.24, 2.45) is 5.41 Å². The van der Waals surface area contributed by atoms with E-state index in [9.17, 15) is 9.59 Å². The van der Waals surface area contributed by atoms with Crippen LogP contribution in [-0.4, -0.2) is 30.9 Å². The lowest BCUT2D eigenvalue weighted by Crippen LogP contribution is -2.37. The minimum absolute atomic E-state index is 0.248. The van der Waals surface area contributed by atoms with Gasteiger partial charge in [-0.15, -0.1) is 11.6 Å². The van der Waals surface area contributed by atoms with Crippen LogP contribution in [0.3, 0.4) is 0 Å². The Morgan fingerprint density at radius 1 is 1.57 bits per heavy atom. The maximum absolute atomic E-state index is 11.3. The largest absolute Gasteiger partial charge is 0.469 e. The highest BCUT2D eigenvalue weighted by atomic mass is 35.5. The number of rotatable bonds is 4. The summed E-state index contributed by atoms with van der Waals surface area (Å²) in [6.07, 6.45) is 1.55. The molecule has 0 aliphatic heterocycles. The summed E-state index contributed by atoms with van der Waals surface area (Å²) in [6.45, 7) is 1.92. The molecule has 0 saturated heterocycles. The summed E-state index contributed by atoms with van der Waals surface area (Å²) < 4.78 is 4.65. The van der Waals surface area contributed by atoms with Crippen molar-refractivity contribution >= 4 is 23.5 Å². The second-order valence-corrected chi connectivity index (χ2v) is 4.26. The van der Waals surface area contributed by atoms with Crippen LogP contribution in [0.2, 0.25) is 0 Å². The van der Waals surface area contributed by atoms with Crippen molar-refractivity contribution in [1.82, 2.24) is 5.32 Å². The van der Waals surface area contributed by atoms with Crippen molar-refractivity contribution in [2.45, 2.75) is 25.1 Å². The highest BCUT2D eigenvalue weighted by Gasteiger charge is 2.51. The number of ether oxygens (including phenoxy) is 1. The van der Waals surface area contributed by atoms with Crippen LogP contribution in [0.25, 0.3) is 0 Å². The molecule has 0 bridgehead atoms. The first-order chi connectivity index (χ1) is 6.52. The number of hydrogen-bond acceptors (Lipinski definition) is 3. The van der Waals surface area contributed by atoms with Gasteiger partial charge in [-0.2, -0.15) is 0 Å². The van der Waals surface area contributed by atoms with E-state index in [1.54, 1.807) is 6.92 Å². The fraction of sp³-hybridized carbons (Fsp3) is 0.778. The van der Waals surface area contributed by atoms with E-state index < -0.39 is 10.8 Å². The van der Waals surface area contributed by atoms with Crippen LogP contribution >= 0.6 is 11.6 Å². The van der Waals surface area contributed by atoms with Gasteiger partial charge in [-0.1, -0.05) is 0 Å². The maximum Gasteiger partial charge on any atom is 0.313 e. The molecule has 0 aromatic heterocycles. The van der Waals surface area contributed by atoms with Crippen LogP contribution in [0.1, 0.15) is 19.8 Å². The Labute approximate surface area is 87.9 Å². The molecule has 1 amide bonds. The molecule has 0 aromatic carbocycles. The van der Waals surface area contributed by atoms with Gasteiger partial charge in [0.15, 0.2) is 0 Å². The molecular formula is C9H14ClNO3. The summed E-state index contributed by atoms with van der Waals surface area (Å²) in [5.74, 6) is -0.498.